The second-order valence-electron chi connectivity index (χ2n) is 8.60. The van der Waals surface area contributed by atoms with Gasteiger partial charge in [-0.2, -0.15) is 4.31 Å². The third-order valence-corrected chi connectivity index (χ3v) is 8.20. The van der Waals surface area contributed by atoms with Crippen molar-refractivity contribution in [2.45, 2.75) is 61.9 Å². The summed E-state index contributed by atoms with van der Waals surface area (Å²) in [6.45, 7) is 0.220. The van der Waals surface area contributed by atoms with Gasteiger partial charge in [0.25, 0.3) is 5.91 Å². The maximum absolute atomic E-state index is 13.2. The molecule has 33 heavy (non-hydrogen) atoms. The summed E-state index contributed by atoms with van der Waals surface area (Å²) in [4.78, 5) is 25.3. The van der Waals surface area contributed by atoms with Gasteiger partial charge in [0.1, 0.15) is 11.9 Å². The van der Waals surface area contributed by atoms with Crippen LogP contribution in [0.4, 0.5) is 10.1 Å². The average molecular weight is 474 g/mol. The summed E-state index contributed by atoms with van der Waals surface area (Å²) >= 11 is 0. The molecule has 1 aliphatic heterocycles. The Morgan fingerprint density at radius 1 is 0.879 bits per heavy atom. The number of carbonyl (C=O) groups is 2. The second-order valence-corrected chi connectivity index (χ2v) is 10.5. The molecule has 1 saturated carbocycles. The quantitative estimate of drug-likeness (QED) is 0.669. The van der Waals surface area contributed by atoms with Crippen LogP contribution < -0.4 is 10.6 Å². The number of benzene rings is 2. The van der Waals surface area contributed by atoms with Gasteiger partial charge in [-0.05, 0) is 74.2 Å². The van der Waals surface area contributed by atoms with Gasteiger partial charge in [0, 0.05) is 23.8 Å². The summed E-state index contributed by atoms with van der Waals surface area (Å²) in [5.74, 6) is -1.09. The maximum Gasteiger partial charge on any atom is 0.251 e. The van der Waals surface area contributed by atoms with Crippen molar-refractivity contribution in [3.63, 3.8) is 0 Å². The Balaban J connectivity index is 1.40. The summed E-state index contributed by atoms with van der Waals surface area (Å²) in [6.07, 6.45) is 6.42. The Morgan fingerprint density at radius 2 is 1.55 bits per heavy atom. The number of hydrogen-bond donors (Lipinski definition) is 2. The van der Waals surface area contributed by atoms with Gasteiger partial charge in [-0.3, -0.25) is 9.59 Å². The molecule has 0 aromatic heterocycles. The van der Waals surface area contributed by atoms with Crippen LogP contribution >= 0.6 is 0 Å². The van der Waals surface area contributed by atoms with Crippen LogP contribution in [0.3, 0.4) is 0 Å². The molecule has 1 atom stereocenters. The fourth-order valence-corrected chi connectivity index (χ4v) is 6.13. The van der Waals surface area contributed by atoms with Crippen LogP contribution in [-0.4, -0.2) is 43.2 Å². The highest BCUT2D eigenvalue weighted by Crippen LogP contribution is 2.27. The number of anilines is 1. The molecule has 4 rings (SSSR count). The molecule has 1 aliphatic carbocycles. The molecule has 2 amide bonds. The molecule has 2 aromatic carbocycles. The predicted molar refractivity (Wildman–Crippen MR) is 123 cm³/mol. The molecule has 7 nitrogen and oxygen atoms in total. The molecule has 2 aromatic rings. The van der Waals surface area contributed by atoms with Gasteiger partial charge in [-0.1, -0.05) is 19.3 Å². The number of hydrogen-bond acceptors (Lipinski definition) is 4. The summed E-state index contributed by atoms with van der Waals surface area (Å²) in [5, 5.41) is 5.82. The van der Waals surface area contributed by atoms with E-state index < -0.39 is 27.8 Å². The summed E-state index contributed by atoms with van der Waals surface area (Å²) in [7, 11) is -3.92. The third kappa shape index (κ3) is 5.42. The van der Waals surface area contributed by atoms with Gasteiger partial charge >= 0.3 is 0 Å². The zero-order valence-corrected chi connectivity index (χ0v) is 19.1. The van der Waals surface area contributed by atoms with Crippen molar-refractivity contribution in [2.24, 2.45) is 0 Å². The minimum atomic E-state index is -3.92. The first-order valence-corrected chi connectivity index (χ1v) is 12.8. The van der Waals surface area contributed by atoms with Crippen LogP contribution in [0.1, 0.15) is 55.3 Å². The van der Waals surface area contributed by atoms with Crippen LogP contribution in [0.2, 0.25) is 0 Å². The molecule has 1 saturated heterocycles. The van der Waals surface area contributed by atoms with Crippen molar-refractivity contribution < 1.29 is 22.4 Å². The molecule has 176 valence electrons. The molecule has 0 spiro atoms. The van der Waals surface area contributed by atoms with Crippen LogP contribution in [0.15, 0.2) is 53.4 Å². The highest BCUT2D eigenvalue weighted by Gasteiger charge is 2.39. The van der Waals surface area contributed by atoms with E-state index in [1.807, 2.05) is 0 Å². The lowest BCUT2D eigenvalue weighted by Crippen LogP contribution is -2.43. The molecule has 1 heterocycles. The van der Waals surface area contributed by atoms with Crippen LogP contribution in [0.25, 0.3) is 0 Å². The lowest BCUT2D eigenvalue weighted by molar-refractivity contribution is -0.119. The molecule has 2 N–H and O–H groups in total. The van der Waals surface area contributed by atoms with Gasteiger partial charge in [-0.15, -0.1) is 0 Å². The topological polar surface area (TPSA) is 95.6 Å². The Kier molecular flexibility index (Phi) is 7.09. The first kappa shape index (κ1) is 23.4. The van der Waals surface area contributed by atoms with Crippen LogP contribution in [0, 0.1) is 5.82 Å². The molecule has 0 unspecified atom stereocenters. The Labute approximate surface area is 193 Å². The zero-order chi connectivity index (χ0) is 23.4. The minimum Gasteiger partial charge on any atom is -0.349 e. The number of sulfonamides is 1. The van der Waals surface area contributed by atoms with E-state index in [0.29, 0.717) is 24.1 Å². The highest BCUT2D eigenvalue weighted by atomic mass is 32.2. The van der Waals surface area contributed by atoms with E-state index in [2.05, 4.69) is 10.6 Å². The smallest absolute Gasteiger partial charge is 0.251 e. The number of carbonyl (C=O) groups excluding carboxylic acids is 2. The fourth-order valence-electron chi connectivity index (χ4n) is 4.48. The summed E-state index contributed by atoms with van der Waals surface area (Å²) < 4.78 is 40.3. The first-order valence-electron chi connectivity index (χ1n) is 11.3. The van der Waals surface area contributed by atoms with Gasteiger partial charge in [0.05, 0.1) is 4.90 Å². The zero-order valence-electron chi connectivity index (χ0n) is 18.3. The fraction of sp³-hybridized carbons (Fsp3) is 0.417. The Bertz CT molecular complexity index is 1100. The monoisotopic (exact) mass is 473 g/mol. The maximum atomic E-state index is 13.2. The average Bonchev–Trinajstić information content (AvgIpc) is 3.32. The van der Waals surface area contributed by atoms with Crippen LogP contribution in [0.5, 0.6) is 0 Å². The minimum absolute atomic E-state index is 0.0445. The van der Waals surface area contributed by atoms with Crippen molar-refractivity contribution in [1.82, 2.24) is 9.62 Å². The van der Waals surface area contributed by atoms with E-state index in [4.69, 9.17) is 0 Å². The van der Waals surface area contributed by atoms with Crippen molar-refractivity contribution in [2.75, 3.05) is 11.9 Å². The normalized spacial score (nSPS) is 19.8. The second kappa shape index (κ2) is 10.0. The molecule has 0 radical (unpaired) electrons. The third-order valence-electron chi connectivity index (χ3n) is 6.28. The standard InChI is InChI=1S/C24H28FN3O4S/c25-18-10-14-21(15-11-18)33(31,32)28-16-4-7-22(28)24(30)27-20-12-8-17(9-13-20)23(29)26-19-5-2-1-3-6-19/h8-15,19,22H,1-7,16H2,(H,26,29)(H,27,30)/t22-/m1/s1. The summed E-state index contributed by atoms with van der Waals surface area (Å²) in [5.41, 5.74) is 1.00. The molecule has 9 heteroatoms. The largest absolute Gasteiger partial charge is 0.349 e. The Morgan fingerprint density at radius 3 is 2.21 bits per heavy atom. The van der Waals surface area contributed by atoms with E-state index in [0.717, 1.165) is 37.8 Å². The number of amides is 2. The lowest BCUT2D eigenvalue weighted by atomic mass is 9.95. The van der Waals surface area contributed by atoms with Crippen molar-refractivity contribution >= 4 is 27.5 Å². The van der Waals surface area contributed by atoms with E-state index in [-0.39, 0.29) is 23.4 Å². The van der Waals surface area contributed by atoms with Gasteiger partial charge < -0.3 is 10.6 Å². The number of rotatable bonds is 6. The van der Waals surface area contributed by atoms with Crippen LogP contribution in [-0.2, 0) is 14.8 Å². The number of halogens is 1. The lowest BCUT2D eigenvalue weighted by Gasteiger charge is -2.23. The molecular weight excluding hydrogens is 445 g/mol. The predicted octanol–water partition coefficient (Wildman–Crippen LogP) is 3.68. The van der Waals surface area contributed by atoms with Gasteiger partial charge in [-0.25, -0.2) is 12.8 Å². The van der Waals surface area contributed by atoms with Crippen molar-refractivity contribution in [3.05, 3.63) is 59.9 Å². The molecule has 0 bridgehead atoms. The Hall–Kier alpha value is -2.78. The molecule has 2 fully saturated rings. The van der Waals surface area contributed by atoms with Crippen molar-refractivity contribution in [1.29, 1.82) is 0 Å². The number of nitrogens with one attached hydrogen (secondary N) is 2. The van der Waals surface area contributed by atoms with E-state index in [9.17, 15) is 22.4 Å². The van der Waals surface area contributed by atoms with Gasteiger partial charge in [0.15, 0.2) is 0 Å². The van der Waals surface area contributed by atoms with Crippen molar-refractivity contribution in [3.8, 4) is 0 Å². The first-order chi connectivity index (χ1) is 15.8. The number of nitrogens with zero attached hydrogens (tertiary/aromatic N) is 1. The van der Waals surface area contributed by atoms with E-state index in [1.165, 1.54) is 22.9 Å². The molecular formula is C24H28FN3O4S. The summed E-state index contributed by atoms with van der Waals surface area (Å²) in [6, 6.07) is 10.5. The van der Waals surface area contributed by atoms with Gasteiger partial charge in [0.2, 0.25) is 15.9 Å². The highest BCUT2D eigenvalue weighted by molar-refractivity contribution is 7.89. The molecule has 2 aliphatic rings. The van der Waals surface area contributed by atoms with E-state index >= 15 is 0 Å². The SMILES string of the molecule is O=C(NC1CCCCC1)c1ccc(NC(=O)[C@H]2CCCN2S(=O)(=O)c2ccc(F)cc2)cc1. The van der Waals surface area contributed by atoms with E-state index in [1.54, 1.807) is 24.3 Å².